The molecule has 1 aromatic heterocycles. The van der Waals surface area contributed by atoms with Gasteiger partial charge < -0.3 is 25.2 Å². The average Bonchev–Trinajstić information content (AvgIpc) is 3.05. The number of rotatable bonds is 17. The number of hydrogen-bond donors (Lipinski definition) is 2. The lowest BCUT2D eigenvalue weighted by molar-refractivity contribution is -0.123. The fourth-order valence-electron chi connectivity index (χ4n) is 5.33. The molecule has 3 aromatic rings. The van der Waals surface area contributed by atoms with E-state index in [2.05, 4.69) is 68.6 Å². The highest BCUT2D eigenvalue weighted by atomic mass is 16.5. The van der Waals surface area contributed by atoms with Crippen molar-refractivity contribution in [2.24, 2.45) is 0 Å². The maximum atomic E-state index is 12.8. The summed E-state index contributed by atoms with van der Waals surface area (Å²) in [6.07, 6.45) is 11.5. The number of nitrogens with one attached hydrogen (secondary N) is 2. The van der Waals surface area contributed by atoms with Crippen LogP contribution >= 0.6 is 0 Å². The summed E-state index contributed by atoms with van der Waals surface area (Å²) in [4.78, 5) is 26.9. The van der Waals surface area contributed by atoms with Crippen LogP contribution in [0, 0.1) is 0 Å². The van der Waals surface area contributed by atoms with E-state index in [1.165, 1.54) is 25.7 Å². The number of piperazine rings is 1. The van der Waals surface area contributed by atoms with Crippen LogP contribution in [-0.2, 0) is 11.2 Å². The van der Waals surface area contributed by atoms with Gasteiger partial charge in [-0.2, -0.15) is 0 Å². The molecular formula is C35H50N6O2. The largest absolute Gasteiger partial charge is 0.494 e. The van der Waals surface area contributed by atoms with Gasteiger partial charge in [-0.25, -0.2) is 9.97 Å². The maximum absolute atomic E-state index is 12.8. The highest BCUT2D eigenvalue weighted by Crippen LogP contribution is 2.23. The van der Waals surface area contributed by atoms with Crippen molar-refractivity contribution >= 4 is 5.91 Å². The van der Waals surface area contributed by atoms with Crippen molar-refractivity contribution in [3.05, 3.63) is 66.5 Å². The Balaban J connectivity index is 1.21. The predicted octanol–water partition coefficient (Wildman–Crippen LogP) is 5.04. The molecule has 0 unspecified atom stereocenters. The van der Waals surface area contributed by atoms with Crippen LogP contribution in [-0.4, -0.2) is 91.7 Å². The number of ether oxygens (including phenoxy) is 1. The van der Waals surface area contributed by atoms with E-state index < -0.39 is 0 Å². The average molecular weight is 587 g/mol. The summed E-state index contributed by atoms with van der Waals surface area (Å²) in [6.45, 7) is 9.19. The van der Waals surface area contributed by atoms with E-state index in [1.807, 2.05) is 43.7 Å². The minimum absolute atomic E-state index is 0.0471. The Hall–Kier alpha value is -3.33. The normalized spacial score (nSPS) is 14.9. The Kier molecular flexibility index (Phi) is 13.4. The van der Waals surface area contributed by atoms with Crippen LogP contribution in [0.3, 0.4) is 0 Å². The molecule has 8 heteroatoms. The molecule has 2 N–H and O–H groups in total. The molecule has 0 bridgehead atoms. The van der Waals surface area contributed by atoms with Crippen LogP contribution in [0.25, 0.3) is 22.5 Å². The van der Waals surface area contributed by atoms with Gasteiger partial charge >= 0.3 is 0 Å². The molecule has 0 radical (unpaired) electrons. The minimum atomic E-state index is -0.271. The number of nitrogens with zero attached hydrogens (tertiary/aromatic N) is 4. The second kappa shape index (κ2) is 17.7. The highest BCUT2D eigenvalue weighted by molar-refractivity contribution is 5.82. The number of aromatic nitrogens is 2. The lowest BCUT2D eigenvalue weighted by Crippen LogP contribution is -2.46. The van der Waals surface area contributed by atoms with Gasteiger partial charge in [0.2, 0.25) is 5.91 Å². The molecule has 232 valence electrons. The number of hydrogen-bond acceptors (Lipinski definition) is 7. The third kappa shape index (κ3) is 10.7. The van der Waals surface area contributed by atoms with E-state index in [0.29, 0.717) is 18.8 Å². The van der Waals surface area contributed by atoms with E-state index in [-0.39, 0.29) is 11.9 Å². The Morgan fingerprint density at radius 2 is 1.53 bits per heavy atom. The number of unbranched alkanes of at least 4 members (excludes halogenated alkanes) is 4. The van der Waals surface area contributed by atoms with Gasteiger partial charge in [0.1, 0.15) is 5.75 Å². The van der Waals surface area contributed by atoms with E-state index in [0.717, 1.165) is 80.2 Å². The Morgan fingerprint density at radius 1 is 0.860 bits per heavy atom. The first-order valence-corrected chi connectivity index (χ1v) is 16.1. The van der Waals surface area contributed by atoms with Crippen LogP contribution in [0.1, 0.15) is 51.0 Å². The van der Waals surface area contributed by atoms with Crippen molar-refractivity contribution in [3.8, 4) is 28.3 Å². The first-order valence-electron chi connectivity index (χ1n) is 16.1. The molecule has 1 aliphatic heterocycles. The molecule has 1 fully saturated rings. The summed E-state index contributed by atoms with van der Waals surface area (Å²) >= 11 is 0. The topological polar surface area (TPSA) is 82.6 Å². The SMILES string of the molecule is CCCCCCCOc1ccc(-c2cnc(-c3ccc(C[C@H](NC)C(=O)NCCCN4CCN(C)CC4)cc3)nc2)cc1. The van der Waals surface area contributed by atoms with E-state index in [9.17, 15) is 4.79 Å². The van der Waals surface area contributed by atoms with Crippen LogP contribution in [0.2, 0.25) is 0 Å². The molecule has 2 heterocycles. The Labute approximate surface area is 258 Å². The van der Waals surface area contributed by atoms with Crippen molar-refractivity contribution in [1.29, 1.82) is 0 Å². The zero-order valence-electron chi connectivity index (χ0n) is 26.4. The minimum Gasteiger partial charge on any atom is -0.494 e. The predicted molar refractivity (Wildman–Crippen MR) is 175 cm³/mol. The number of carbonyl (C=O) groups is 1. The number of likely N-dealkylation sites (N-methyl/N-ethyl adjacent to an activating group) is 2. The maximum Gasteiger partial charge on any atom is 0.237 e. The molecule has 2 aromatic carbocycles. The molecule has 0 spiro atoms. The number of benzene rings is 2. The van der Waals surface area contributed by atoms with Crippen molar-refractivity contribution < 1.29 is 9.53 Å². The van der Waals surface area contributed by atoms with Crippen LogP contribution in [0.15, 0.2) is 60.9 Å². The van der Waals surface area contributed by atoms with E-state index in [1.54, 1.807) is 0 Å². The van der Waals surface area contributed by atoms with Gasteiger partial charge in [0, 0.05) is 56.2 Å². The lowest BCUT2D eigenvalue weighted by Gasteiger charge is -2.32. The molecule has 43 heavy (non-hydrogen) atoms. The molecule has 8 nitrogen and oxygen atoms in total. The van der Waals surface area contributed by atoms with Crippen LogP contribution in [0.5, 0.6) is 5.75 Å². The van der Waals surface area contributed by atoms with Gasteiger partial charge in [-0.05, 0) is 63.2 Å². The molecule has 4 rings (SSSR count). The molecule has 1 saturated heterocycles. The monoisotopic (exact) mass is 586 g/mol. The van der Waals surface area contributed by atoms with Gasteiger partial charge in [0.25, 0.3) is 0 Å². The summed E-state index contributed by atoms with van der Waals surface area (Å²) in [7, 11) is 4.01. The second-order valence-electron chi connectivity index (χ2n) is 11.6. The second-order valence-corrected chi connectivity index (χ2v) is 11.6. The lowest BCUT2D eigenvalue weighted by atomic mass is 10.0. The zero-order valence-corrected chi connectivity index (χ0v) is 26.4. The number of carbonyl (C=O) groups excluding carboxylic acids is 1. The van der Waals surface area contributed by atoms with Crippen LogP contribution < -0.4 is 15.4 Å². The third-order valence-corrected chi connectivity index (χ3v) is 8.22. The fraction of sp³-hybridized carbons (Fsp3) is 0.514. The van der Waals surface area contributed by atoms with Crippen molar-refractivity contribution in [2.75, 3.05) is 60.0 Å². The van der Waals surface area contributed by atoms with Crippen molar-refractivity contribution in [1.82, 2.24) is 30.4 Å². The summed E-state index contributed by atoms with van der Waals surface area (Å²) in [6, 6.07) is 16.0. The highest BCUT2D eigenvalue weighted by Gasteiger charge is 2.17. The quantitative estimate of drug-likeness (QED) is 0.214. The summed E-state index contributed by atoms with van der Waals surface area (Å²) in [5.41, 5.74) is 4.08. The first kappa shape index (κ1) is 32.6. The summed E-state index contributed by atoms with van der Waals surface area (Å²) < 4.78 is 5.89. The Bertz CT molecular complexity index is 1210. The van der Waals surface area contributed by atoms with Gasteiger partial charge in [-0.15, -0.1) is 0 Å². The summed E-state index contributed by atoms with van der Waals surface area (Å²) in [5.74, 6) is 1.63. The number of amides is 1. The molecule has 1 amide bonds. The van der Waals surface area contributed by atoms with Gasteiger partial charge in [-0.3, -0.25) is 4.79 Å². The third-order valence-electron chi connectivity index (χ3n) is 8.22. The summed E-state index contributed by atoms with van der Waals surface area (Å²) in [5, 5.41) is 6.29. The molecule has 0 aliphatic carbocycles. The van der Waals surface area contributed by atoms with Crippen LogP contribution in [0.4, 0.5) is 0 Å². The van der Waals surface area contributed by atoms with E-state index >= 15 is 0 Å². The molecular weight excluding hydrogens is 536 g/mol. The van der Waals surface area contributed by atoms with E-state index in [4.69, 9.17) is 4.74 Å². The smallest absolute Gasteiger partial charge is 0.237 e. The molecule has 1 atom stereocenters. The van der Waals surface area contributed by atoms with Gasteiger partial charge in [0.15, 0.2) is 5.82 Å². The van der Waals surface area contributed by atoms with Crippen molar-refractivity contribution in [2.45, 2.75) is 57.9 Å². The Morgan fingerprint density at radius 3 is 2.21 bits per heavy atom. The van der Waals surface area contributed by atoms with Gasteiger partial charge in [-0.1, -0.05) is 69.0 Å². The zero-order chi connectivity index (χ0) is 30.3. The van der Waals surface area contributed by atoms with Crippen molar-refractivity contribution in [3.63, 3.8) is 0 Å². The van der Waals surface area contributed by atoms with Gasteiger partial charge in [0.05, 0.1) is 12.6 Å². The fourth-order valence-corrected chi connectivity index (χ4v) is 5.33. The molecule has 1 aliphatic rings. The molecule has 0 saturated carbocycles. The standard InChI is InChI=1S/C35H50N6O2/c1-4-5-6-7-8-24-43-32-16-14-29(15-17-32)31-26-38-34(39-27-31)30-12-10-28(11-13-30)25-33(36-2)35(42)37-18-9-19-41-22-20-40(3)21-23-41/h10-17,26-27,33,36H,4-9,18-25H2,1-3H3,(H,37,42)/t33-/m0/s1. The first-order chi connectivity index (χ1) is 21.1.